The van der Waals surface area contributed by atoms with E-state index in [2.05, 4.69) is 20.3 Å². The van der Waals surface area contributed by atoms with Crippen LogP contribution in [0.15, 0.2) is 67.1 Å². The third kappa shape index (κ3) is 6.48. The second-order valence-corrected chi connectivity index (χ2v) is 5.34. The molecule has 0 bridgehead atoms. The second kappa shape index (κ2) is 8.11. The maximum atomic E-state index is 8.74. The molecule has 0 aliphatic rings. The first-order valence-electron chi connectivity index (χ1n) is 6.67. The maximum Gasteiger partial charge on any atom is 0.394 e. The van der Waals surface area contributed by atoms with Crippen molar-refractivity contribution < 1.29 is 17.5 Å². The summed E-state index contributed by atoms with van der Waals surface area (Å²) in [6.45, 7) is 0. The molecule has 0 radical (unpaired) electrons. The lowest BCUT2D eigenvalue weighted by Gasteiger charge is -2.06. The Morgan fingerprint density at radius 1 is 0.917 bits per heavy atom. The average Bonchev–Trinajstić information content (AvgIpc) is 2.55. The Morgan fingerprint density at radius 3 is 2.25 bits per heavy atom. The molecule has 0 aliphatic carbocycles. The Bertz CT molecular complexity index is 866. The summed E-state index contributed by atoms with van der Waals surface area (Å²) < 4.78 is 31.6. The first kappa shape index (κ1) is 17.5. The van der Waals surface area contributed by atoms with Gasteiger partial charge in [0.2, 0.25) is 5.95 Å². The third-order valence-corrected chi connectivity index (χ3v) is 2.64. The molecule has 2 heterocycles. The first-order chi connectivity index (χ1) is 11.4. The number of pyridine rings is 1. The summed E-state index contributed by atoms with van der Waals surface area (Å²) in [5.74, 6) is 0.576. The summed E-state index contributed by atoms with van der Waals surface area (Å²) in [4.78, 5) is 12.8. The minimum absolute atomic E-state index is 0.576. The van der Waals surface area contributed by atoms with Crippen LogP contribution in [0.4, 0.5) is 11.6 Å². The van der Waals surface area contributed by atoms with Crippen molar-refractivity contribution in [3.8, 4) is 11.3 Å². The molecule has 0 atom stereocenters. The highest BCUT2D eigenvalue weighted by atomic mass is 32.3. The summed E-state index contributed by atoms with van der Waals surface area (Å²) in [6.07, 6.45) is 5.27. The quantitative estimate of drug-likeness (QED) is 0.618. The van der Waals surface area contributed by atoms with Gasteiger partial charge in [-0.2, -0.15) is 8.42 Å². The molecule has 24 heavy (non-hydrogen) atoms. The molecule has 9 heteroatoms. The molecule has 0 unspecified atom stereocenters. The van der Waals surface area contributed by atoms with E-state index in [1.807, 2.05) is 48.5 Å². The molecule has 0 spiro atoms. The molecule has 124 valence electrons. The van der Waals surface area contributed by atoms with Gasteiger partial charge < -0.3 is 5.32 Å². The maximum absolute atomic E-state index is 8.74. The van der Waals surface area contributed by atoms with Crippen molar-refractivity contribution in [2.45, 2.75) is 0 Å². The molecule has 0 saturated carbocycles. The fourth-order valence-corrected chi connectivity index (χ4v) is 1.74. The van der Waals surface area contributed by atoms with Crippen LogP contribution in [-0.4, -0.2) is 32.5 Å². The van der Waals surface area contributed by atoms with Crippen LogP contribution >= 0.6 is 0 Å². The Hall–Kier alpha value is -2.88. The minimum Gasteiger partial charge on any atom is -0.324 e. The van der Waals surface area contributed by atoms with E-state index in [4.69, 9.17) is 17.5 Å². The van der Waals surface area contributed by atoms with Crippen molar-refractivity contribution in [1.29, 1.82) is 0 Å². The van der Waals surface area contributed by atoms with Gasteiger partial charge in [0.25, 0.3) is 0 Å². The SMILES string of the molecule is O=S(=O)(O)O.c1ccc(Nc2nccc(-c3cccnc3)n2)cc1. The number of nitrogens with one attached hydrogen (secondary N) is 1. The molecule has 3 aromatic rings. The number of para-hydroxylation sites is 1. The minimum atomic E-state index is -4.67. The van der Waals surface area contributed by atoms with Gasteiger partial charge in [0.15, 0.2) is 0 Å². The average molecular weight is 346 g/mol. The number of aromatic nitrogens is 3. The number of anilines is 2. The van der Waals surface area contributed by atoms with Crippen molar-refractivity contribution in [3.05, 3.63) is 67.1 Å². The van der Waals surface area contributed by atoms with Crippen LogP contribution in [-0.2, 0) is 10.4 Å². The molecule has 1 aromatic carbocycles. The van der Waals surface area contributed by atoms with E-state index >= 15 is 0 Å². The molecule has 0 amide bonds. The Morgan fingerprint density at radius 2 is 1.62 bits per heavy atom. The van der Waals surface area contributed by atoms with Gasteiger partial charge in [0.1, 0.15) is 0 Å². The molecule has 0 fully saturated rings. The van der Waals surface area contributed by atoms with Gasteiger partial charge in [0, 0.05) is 29.8 Å². The Kier molecular flexibility index (Phi) is 5.90. The highest BCUT2D eigenvalue weighted by Crippen LogP contribution is 2.18. The molecule has 3 rings (SSSR count). The fraction of sp³-hybridized carbons (Fsp3) is 0. The predicted molar refractivity (Wildman–Crippen MR) is 89.2 cm³/mol. The Balaban J connectivity index is 0.000000368. The fourth-order valence-electron chi connectivity index (χ4n) is 1.74. The van der Waals surface area contributed by atoms with Gasteiger partial charge in [-0.05, 0) is 30.3 Å². The van der Waals surface area contributed by atoms with Crippen molar-refractivity contribution in [2.24, 2.45) is 0 Å². The van der Waals surface area contributed by atoms with E-state index in [-0.39, 0.29) is 0 Å². The van der Waals surface area contributed by atoms with E-state index in [1.165, 1.54) is 0 Å². The molecular formula is C15H14N4O4S. The van der Waals surface area contributed by atoms with E-state index in [0.29, 0.717) is 5.95 Å². The molecule has 0 aliphatic heterocycles. The summed E-state index contributed by atoms with van der Waals surface area (Å²) in [6, 6.07) is 15.6. The third-order valence-electron chi connectivity index (χ3n) is 2.64. The van der Waals surface area contributed by atoms with E-state index in [9.17, 15) is 0 Å². The summed E-state index contributed by atoms with van der Waals surface area (Å²) in [7, 11) is -4.67. The summed E-state index contributed by atoms with van der Waals surface area (Å²) in [5.41, 5.74) is 2.79. The predicted octanol–water partition coefficient (Wildman–Crippen LogP) is 2.63. The zero-order valence-electron chi connectivity index (χ0n) is 12.3. The van der Waals surface area contributed by atoms with Crippen LogP contribution in [0.3, 0.4) is 0 Å². The van der Waals surface area contributed by atoms with Gasteiger partial charge in [-0.15, -0.1) is 0 Å². The van der Waals surface area contributed by atoms with Gasteiger partial charge in [-0.25, -0.2) is 9.97 Å². The van der Waals surface area contributed by atoms with Crippen molar-refractivity contribution in [3.63, 3.8) is 0 Å². The van der Waals surface area contributed by atoms with E-state index in [0.717, 1.165) is 16.9 Å². The number of nitrogens with zero attached hydrogens (tertiary/aromatic N) is 3. The van der Waals surface area contributed by atoms with Crippen LogP contribution in [0.1, 0.15) is 0 Å². The Labute approximate surface area is 138 Å². The highest BCUT2D eigenvalue weighted by molar-refractivity contribution is 7.79. The smallest absolute Gasteiger partial charge is 0.324 e. The molecule has 2 aromatic heterocycles. The van der Waals surface area contributed by atoms with E-state index in [1.54, 1.807) is 18.6 Å². The van der Waals surface area contributed by atoms with Crippen LogP contribution in [0, 0.1) is 0 Å². The molecule has 8 nitrogen and oxygen atoms in total. The van der Waals surface area contributed by atoms with Crippen LogP contribution in [0.5, 0.6) is 0 Å². The number of hydrogen-bond donors (Lipinski definition) is 3. The lowest BCUT2D eigenvalue weighted by molar-refractivity contribution is 0.381. The molecule has 3 N–H and O–H groups in total. The number of benzene rings is 1. The topological polar surface area (TPSA) is 125 Å². The zero-order chi connectivity index (χ0) is 17.4. The largest absolute Gasteiger partial charge is 0.394 e. The standard InChI is InChI=1S/C15H12N4.H2O4S/c1-2-6-13(7-3-1)18-15-17-10-8-14(19-15)12-5-4-9-16-11-12;1-5(2,3)4/h1-11H,(H,17,18,19);(H2,1,2,3,4). The summed E-state index contributed by atoms with van der Waals surface area (Å²) in [5, 5.41) is 3.17. The monoisotopic (exact) mass is 346 g/mol. The van der Waals surface area contributed by atoms with Crippen molar-refractivity contribution in [2.75, 3.05) is 5.32 Å². The van der Waals surface area contributed by atoms with Gasteiger partial charge in [-0.3, -0.25) is 14.1 Å². The lowest BCUT2D eigenvalue weighted by Crippen LogP contribution is -1.97. The number of rotatable bonds is 3. The highest BCUT2D eigenvalue weighted by Gasteiger charge is 2.02. The second-order valence-electron chi connectivity index (χ2n) is 4.45. The van der Waals surface area contributed by atoms with Crippen LogP contribution < -0.4 is 5.32 Å². The van der Waals surface area contributed by atoms with E-state index < -0.39 is 10.4 Å². The van der Waals surface area contributed by atoms with Crippen molar-refractivity contribution >= 4 is 22.0 Å². The van der Waals surface area contributed by atoms with Gasteiger partial charge in [-0.1, -0.05) is 18.2 Å². The molecule has 0 saturated heterocycles. The summed E-state index contributed by atoms with van der Waals surface area (Å²) >= 11 is 0. The normalized spacial score (nSPS) is 10.4. The zero-order valence-corrected chi connectivity index (χ0v) is 13.1. The van der Waals surface area contributed by atoms with Crippen LogP contribution in [0.2, 0.25) is 0 Å². The van der Waals surface area contributed by atoms with Gasteiger partial charge >= 0.3 is 10.4 Å². The number of hydrogen-bond acceptors (Lipinski definition) is 6. The first-order valence-corrected chi connectivity index (χ1v) is 8.07. The molecular weight excluding hydrogens is 332 g/mol. The van der Waals surface area contributed by atoms with Crippen LogP contribution in [0.25, 0.3) is 11.3 Å². The van der Waals surface area contributed by atoms with Crippen molar-refractivity contribution in [1.82, 2.24) is 15.0 Å². The van der Waals surface area contributed by atoms with Gasteiger partial charge in [0.05, 0.1) is 5.69 Å². The lowest BCUT2D eigenvalue weighted by atomic mass is 10.2.